The molecule has 7 heteroatoms. The zero-order chi connectivity index (χ0) is 16.7. The number of ether oxygens (including phenoxy) is 2. The molecule has 0 heterocycles. The van der Waals surface area contributed by atoms with Crippen LogP contribution in [0.1, 0.15) is 18.4 Å². The van der Waals surface area contributed by atoms with Crippen molar-refractivity contribution in [1.82, 2.24) is 10.6 Å². The van der Waals surface area contributed by atoms with Gasteiger partial charge in [-0.25, -0.2) is 0 Å². The summed E-state index contributed by atoms with van der Waals surface area (Å²) in [4.78, 5) is 22.5. The second-order valence-electron chi connectivity index (χ2n) is 5.59. The Balaban J connectivity index is 1.79. The molecule has 1 fully saturated rings. The van der Waals surface area contributed by atoms with E-state index in [1.54, 1.807) is 18.2 Å². The lowest BCUT2D eigenvalue weighted by Gasteiger charge is -2.12. The van der Waals surface area contributed by atoms with Crippen molar-refractivity contribution in [3.05, 3.63) is 23.8 Å². The fourth-order valence-electron chi connectivity index (χ4n) is 2.07. The van der Waals surface area contributed by atoms with E-state index in [4.69, 9.17) is 15.2 Å². The number of benzene rings is 1. The number of carbonyl (C=O) groups excluding carboxylic acids is 2. The SMILES string of the molecule is COc1cc(CNC(=O)CNCC2CC2)ccc1OCC(N)=O. The van der Waals surface area contributed by atoms with Crippen molar-refractivity contribution in [2.75, 3.05) is 26.8 Å². The van der Waals surface area contributed by atoms with Crippen LogP contribution in [0.5, 0.6) is 11.5 Å². The van der Waals surface area contributed by atoms with Crippen LogP contribution < -0.4 is 25.8 Å². The summed E-state index contributed by atoms with van der Waals surface area (Å²) in [5, 5.41) is 5.98. The Labute approximate surface area is 135 Å². The van der Waals surface area contributed by atoms with Gasteiger partial charge >= 0.3 is 0 Å². The zero-order valence-electron chi connectivity index (χ0n) is 13.3. The summed E-state index contributed by atoms with van der Waals surface area (Å²) in [5.74, 6) is 1.08. The molecule has 126 valence electrons. The minimum absolute atomic E-state index is 0.0429. The van der Waals surface area contributed by atoms with Crippen molar-refractivity contribution >= 4 is 11.8 Å². The van der Waals surface area contributed by atoms with Crippen LogP contribution in [0.2, 0.25) is 0 Å². The maximum Gasteiger partial charge on any atom is 0.255 e. The van der Waals surface area contributed by atoms with Crippen molar-refractivity contribution < 1.29 is 19.1 Å². The summed E-state index contributed by atoms with van der Waals surface area (Å²) in [5.41, 5.74) is 5.93. The number of primary amides is 1. The molecule has 0 spiro atoms. The quantitative estimate of drug-likeness (QED) is 0.570. The van der Waals surface area contributed by atoms with Crippen LogP contribution in [0.15, 0.2) is 18.2 Å². The lowest BCUT2D eigenvalue weighted by Crippen LogP contribution is -2.34. The van der Waals surface area contributed by atoms with Crippen LogP contribution in [0.3, 0.4) is 0 Å². The number of methoxy groups -OCH3 is 1. The van der Waals surface area contributed by atoms with Gasteiger partial charge in [-0.1, -0.05) is 6.07 Å². The first-order valence-electron chi connectivity index (χ1n) is 7.64. The van der Waals surface area contributed by atoms with Crippen molar-refractivity contribution in [3.8, 4) is 11.5 Å². The Morgan fingerprint density at radius 1 is 1.30 bits per heavy atom. The summed E-state index contributed by atoms with van der Waals surface area (Å²) in [6, 6.07) is 5.25. The average molecular weight is 321 g/mol. The molecule has 1 aromatic carbocycles. The number of amides is 2. The molecule has 2 rings (SSSR count). The van der Waals surface area contributed by atoms with E-state index in [0.717, 1.165) is 18.0 Å². The molecule has 0 saturated heterocycles. The normalized spacial score (nSPS) is 13.4. The number of nitrogens with one attached hydrogen (secondary N) is 2. The van der Waals surface area contributed by atoms with Crippen LogP contribution in [-0.2, 0) is 16.1 Å². The number of nitrogens with two attached hydrogens (primary N) is 1. The van der Waals surface area contributed by atoms with E-state index in [1.165, 1.54) is 20.0 Å². The Bertz CT molecular complexity index is 558. The van der Waals surface area contributed by atoms with Crippen LogP contribution in [0, 0.1) is 5.92 Å². The molecule has 1 aliphatic carbocycles. The first-order valence-corrected chi connectivity index (χ1v) is 7.64. The van der Waals surface area contributed by atoms with Gasteiger partial charge in [0.15, 0.2) is 18.1 Å². The van der Waals surface area contributed by atoms with E-state index in [2.05, 4.69) is 10.6 Å². The van der Waals surface area contributed by atoms with E-state index in [-0.39, 0.29) is 12.5 Å². The van der Waals surface area contributed by atoms with Crippen LogP contribution in [0.25, 0.3) is 0 Å². The summed E-state index contributed by atoms with van der Waals surface area (Å²) < 4.78 is 10.5. The van der Waals surface area contributed by atoms with Gasteiger partial charge < -0.3 is 25.8 Å². The monoisotopic (exact) mass is 321 g/mol. The van der Waals surface area contributed by atoms with E-state index in [1.807, 2.05) is 0 Å². The van der Waals surface area contributed by atoms with Gasteiger partial charge in [-0.05, 0) is 43.0 Å². The second kappa shape index (κ2) is 8.38. The third-order valence-corrected chi connectivity index (χ3v) is 3.50. The molecule has 23 heavy (non-hydrogen) atoms. The van der Waals surface area contributed by atoms with Crippen molar-refractivity contribution in [2.24, 2.45) is 11.7 Å². The van der Waals surface area contributed by atoms with Gasteiger partial charge in [-0.2, -0.15) is 0 Å². The molecule has 4 N–H and O–H groups in total. The van der Waals surface area contributed by atoms with Gasteiger partial charge in [-0.3, -0.25) is 9.59 Å². The molecular formula is C16H23N3O4. The second-order valence-corrected chi connectivity index (χ2v) is 5.59. The van der Waals surface area contributed by atoms with Gasteiger partial charge in [0.2, 0.25) is 5.91 Å². The molecule has 0 atom stereocenters. The van der Waals surface area contributed by atoms with Gasteiger partial charge in [0.1, 0.15) is 0 Å². The molecular weight excluding hydrogens is 298 g/mol. The molecule has 0 radical (unpaired) electrons. The van der Waals surface area contributed by atoms with Gasteiger partial charge in [0, 0.05) is 6.54 Å². The highest BCUT2D eigenvalue weighted by Gasteiger charge is 2.20. The molecule has 0 bridgehead atoms. The van der Waals surface area contributed by atoms with Gasteiger partial charge in [0.25, 0.3) is 5.91 Å². The van der Waals surface area contributed by atoms with E-state index >= 15 is 0 Å². The Morgan fingerprint density at radius 3 is 2.74 bits per heavy atom. The molecule has 0 unspecified atom stereocenters. The Morgan fingerprint density at radius 2 is 2.09 bits per heavy atom. The summed E-state index contributed by atoms with van der Waals surface area (Å²) in [6.45, 7) is 1.43. The lowest BCUT2D eigenvalue weighted by molar-refractivity contribution is -0.121. The topological polar surface area (TPSA) is 103 Å². The third-order valence-electron chi connectivity index (χ3n) is 3.50. The molecule has 2 amide bonds. The highest BCUT2D eigenvalue weighted by molar-refractivity contribution is 5.78. The van der Waals surface area contributed by atoms with Crippen LogP contribution in [0.4, 0.5) is 0 Å². The maximum absolute atomic E-state index is 11.7. The predicted octanol–water partition coefficient (Wildman–Crippen LogP) is 0.175. The number of hydrogen-bond donors (Lipinski definition) is 3. The predicted molar refractivity (Wildman–Crippen MR) is 85.1 cm³/mol. The standard InChI is InChI=1S/C16H23N3O4/c1-22-14-6-12(4-5-13(14)23-10-15(17)20)8-19-16(21)9-18-7-11-2-3-11/h4-6,11,18H,2-3,7-10H2,1H3,(H2,17,20)(H,19,21). The lowest BCUT2D eigenvalue weighted by atomic mass is 10.2. The Hall–Kier alpha value is -2.28. The van der Waals surface area contributed by atoms with Crippen molar-refractivity contribution in [2.45, 2.75) is 19.4 Å². The summed E-state index contributed by atoms with van der Waals surface area (Å²) >= 11 is 0. The van der Waals surface area contributed by atoms with Crippen molar-refractivity contribution in [3.63, 3.8) is 0 Å². The minimum atomic E-state index is -0.554. The van der Waals surface area contributed by atoms with Crippen LogP contribution in [-0.4, -0.2) is 38.6 Å². The average Bonchev–Trinajstić information content (AvgIpc) is 3.35. The third kappa shape index (κ3) is 6.15. The number of rotatable bonds is 10. The number of hydrogen-bond acceptors (Lipinski definition) is 5. The highest BCUT2D eigenvalue weighted by Crippen LogP contribution is 2.28. The Kier molecular flexibility index (Phi) is 6.22. The first-order chi connectivity index (χ1) is 11.1. The van der Waals surface area contributed by atoms with Crippen molar-refractivity contribution in [1.29, 1.82) is 0 Å². The molecule has 1 aliphatic rings. The molecule has 0 aliphatic heterocycles. The van der Waals surface area contributed by atoms with Gasteiger partial charge in [0.05, 0.1) is 13.7 Å². The van der Waals surface area contributed by atoms with Gasteiger partial charge in [-0.15, -0.1) is 0 Å². The van der Waals surface area contributed by atoms with E-state index in [0.29, 0.717) is 24.6 Å². The zero-order valence-corrected chi connectivity index (χ0v) is 13.3. The largest absolute Gasteiger partial charge is 0.493 e. The van der Waals surface area contributed by atoms with E-state index < -0.39 is 5.91 Å². The fraction of sp³-hybridized carbons (Fsp3) is 0.500. The summed E-state index contributed by atoms with van der Waals surface area (Å²) in [7, 11) is 1.51. The van der Waals surface area contributed by atoms with E-state index in [9.17, 15) is 9.59 Å². The first kappa shape index (κ1) is 17.1. The fourth-order valence-corrected chi connectivity index (χ4v) is 2.07. The smallest absolute Gasteiger partial charge is 0.255 e. The minimum Gasteiger partial charge on any atom is -0.493 e. The maximum atomic E-state index is 11.7. The molecule has 1 saturated carbocycles. The molecule has 1 aromatic rings. The molecule has 0 aromatic heterocycles. The molecule has 7 nitrogen and oxygen atoms in total. The number of carbonyl (C=O) groups is 2. The van der Waals surface area contributed by atoms with Crippen LogP contribution >= 0.6 is 0 Å². The summed E-state index contributed by atoms with van der Waals surface area (Å²) in [6.07, 6.45) is 2.52. The highest BCUT2D eigenvalue weighted by atomic mass is 16.5.